The molecule has 1 aliphatic rings. The van der Waals surface area contributed by atoms with E-state index in [0.29, 0.717) is 43.1 Å². The number of anilines is 2. The number of carbonyl (C=O) groups is 1. The second kappa shape index (κ2) is 10.4. The highest BCUT2D eigenvalue weighted by Crippen LogP contribution is 2.31. The summed E-state index contributed by atoms with van der Waals surface area (Å²) in [6.07, 6.45) is -2.52. The number of hydrogen-bond donors (Lipinski definition) is 1. The number of alkyl halides is 3. The minimum absolute atomic E-state index is 0.312. The number of amides is 1. The number of aryl methyl sites for hydroxylation is 1. The highest BCUT2D eigenvalue weighted by atomic mass is 19.4. The van der Waals surface area contributed by atoms with Gasteiger partial charge in [-0.3, -0.25) is 9.20 Å². The van der Waals surface area contributed by atoms with Gasteiger partial charge in [-0.1, -0.05) is 19.1 Å². The predicted octanol–water partition coefficient (Wildman–Crippen LogP) is 5.31. The third kappa shape index (κ3) is 5.29. The number of pyridine rings is 1. The summed E-state index contributed by atoms with van der Waals surface area (Å²) in [5.41, 5.74) is 3.57. The first kappa shape index (κ1) is 25.6. The summed E-state index contributed by atoms with van der Waals surface area (Å²) in [5.74, 6) is -0.759. The maximum absolute atomic E-state index is 13.8. The highest BCUT2D eigenvalue weighted by Gasteiger charge is 2.30. The molecule has 3 heterocycles. The smallest absolute Gasteiger partial charge is 0.368 e. The number of rotatable bonds is 6. The van der Waals surface area contributed by atoms with E-state index < -0.39 is 17.6 Å². The molecule has 0 unspecified atom stereocenters. The fourth-order valence-electron chi connectivity index (χ4n) is 4.73. The van der Waals surface area contributed by atoms with Crippen molar-refractivity contribution in [2.45, 2.75) is 26.1 Å². The average molecular weight is 526 g/mol. The molecular weight excluding hydrogens is 498 g/mol. The number of nitrogens with one attached hydrogen (secondary N) is 1. The van der Waals surface area contributed by atoms with Crippen LogP contribution in [-0.2, 0) is 19.1 Å². The Balaban J connectivity index is 1.17. The van der Waals surface area contributed by atoms with Crippen molar-refractivity contribution in [3.8, 4) is 0 Å². The zero-order valence-electron chi connectivity index (χ0n) is 20.8. The van der Waals surface area contributed by atoms with Crippen molar-refractivity contribution in [1.29, 1.82) is 0 Å². The van der Waals surface area contributed by atoms with Crippen LogP contribution in [0.1, 0.15) is 34.2 Å². The van der Waals surface area contributed by atoms with Gasteiger partial charge in [0.2, 0.25) is 0 Å². The number of benzene rings is 2. The van der Waals surface area contributed by atoms with E-state index >= 15 is 0 Å². The van der Waals surface area contributed by atoms with Crippen LogP contribution >= 0.6 is 0 Å². The quantitative estimate of drug-likeness (QED) is 0.347. The Kier molecular flexibility index (Phi) is 6.96. The van der Waals surface area contributed by atoms with Crippen LogP contribution in [0, 0.1) is 5.82 Å². The molecule has 5 rings (SSSR count). The molecule has 0 bridgehead atoms. The van der Waals surface area contributed by atoms with E-state index in [0.717, 1.165) is 42.2 Å². The zero-order chi connectivity index (χ0) is 26.9. The first-order chi connectivity index (χ1) is 18.2. The number of carbonyl (C=O) groups excluding carboxylic acids is 1. The van der Waals surface area contributed by atoms with Crippen molar-refractivity contribution in [3.63, 3.8) is 0 Å². The topological polar surface area (TPSA) is 52.9 Å². The number of halogens is 4. The highest BCUT2D eigenvalue weighted by molar-refractivity contribution is 5.94. The Morgan fingerprint density at radius 1 is 0.895 bits per heavy atom. The van der Waals surface area contributed by atoms with Crippen LogP contribution in [0.4, 0.5) is 28.9 Å². The zero-order valence-corrected chi connectivity index (χ0v) is 20.8. The molecule has 0 atom stereocenters. The van der Waals surface area contributed by atoms with Gasteiger partial charge in [-0.2, -0.15) is 13.2 Å². The van der Waals surface area contributed by atoms with Crippen molar-refractivity contribution in [3.05, 3.63) is 95.2 Å². The summed E-state index contributed by atoms with van der Waals surface area (Å²) in [4.78, 5) is 21.7. The van der Waals surface area contributed by atoms with Crippen LogP contribution in [0.25, 0.3) is 5.65 Å². The maximum Gasteiger partial charge on any atom is 0.416 e. The van der Waals surface area contributed by atoms with Crippen LogP contribution < -0.4 is 15.1 Å². The lowest BCUT2D eigenvalue weighted by molar-refractivity contribution is -0.137. The molecule has 0 saturated carbocycles. The van der Waals surface area contributed by atoms with Gasteiger partial charge in [0, 0.05) is 50.3 Å². The van der Waals surface area contributed by atoms with Crippen LogP contribution in [0.3, 0.4) is 0 Å². The Morgan fingerprint density at radius 3 is 2.03 bits per heavy atom. The van der Waals surface area contributed by atoms with Gasteiger partial charge in [0.1, 0.15) is 17.2 Å². The maximum atomic E-state index is 13.8. The van der Waals surface area contributed by atoms with Crippen molar-refractivity contribution < 1.29 is 22.4 Å². The van der Waals surface area contributed by atoms with Gasteiger partial charge in [-0.05, 0) is 60.5 Å². The number of imidazole rings is 1. The van der Waals surface area contributed by atoms with Gasteiger partial charge in [0.25, 0.3) is 5.91 Å². The monoisotopic (exact) mass is 525 g/mol. The normalized spacial score (nSPS) is 14.2. The fraction of sp³-hybridized carbons (Fsp3) is 0.286. The Bertz CT molecular complexity index is 1420. The van der Waals surface area contributed by atoms with Crippen LogP contribution in [0.5, 0.6) is 0 Å². The molecular formula is C28H27F4N5O. The molecule has 1 N–H and O–H groups in total. The minimum Gasteiger partial charge on any atom is -0.368 e. The summed E-state index contributed by atoms with van der Waals surface area (Å²) < 4.78 is 53.7. The molecule has 2 aromatic heterocycles. The van der Waals surface area contributed by atoms with E-state index in [1.165, 1.54) is 28.8 Å². The van der Waals surface area contributed by atoms with E-state index in [9.17, 15) is 22.4 Å². The van der Waals surface area contributed by atoms with Crippen molar-refractivity contribution >= 4 is 22.9 Å². The molecule has 0 aliphatic carbocycles. The molecule has 1 fully saturated rings. The molecule has 4 aromatic rings. The van der Waals surface area contributed by atoms with Crippen molar-refractivity contribution in [2.75, 3.05) is 36.0 Å². The van der Waals surface area contributed by atoms with Crippen molar-refractivity contribution in [2.24, 2.45) is 0 Å². The van der Waals surface area contributed by atoms with E-state index in [-0.39, 0.29) is 5.91 Å². The largest absolute Gasteiger partial charge is 0.416 e. The van der Waals surface area contributed by atoms with Gasteiger partial charge in [0.05, 0.1) is 11.3 Å². The number of fused-ring (bicyclic) bond motifs is 1. The third-order valence-electron chi connectivity index (χ3n) is 6.80. The summed E-state index contributed by atoms with van der Waals surface area (Å²) in [5, 5.41) is 2.91. The molecule has 38 heavy (non-hydrogen) atoms. The van der Waals surface area contributed by atoms with Gasteiger partial charge in [-0.25, -0.2) is 9.37 Å². The lowest BCUT2D eigenvalue weighted by atomic mass is 10.1. The first-order valence-electron chi connectivity index (χ1n) is 12.4. The fourth-order valence-corrected chi connectivity index (χ4v) is 4.73. The molecule has 2 aromatic carbocycles. The van der Waals surface area contributed by atoms with Gasteiger partial charge in [-0.15, -0.1) is 0 Å². The first-order valence-corrected chi connectivity index (χ1v) is 12.4. The minimum atomic E-state index is -4.34. The molecule has 0 radical (unpaired) electrons. The van der Waals surface area contributed by atoms with E-state index in [1.54, 1.807) is 6.07 Å². The molecule has 1 amide bonds. The molecule has 1 saturated heterocycles. The Labute approximate surface area is 217 Å². The van der Waals surface area contributed by atoms with Crippen LogP contribution in [0.2, 0.25) is 0 Å². The summed E-state index contributed by atoms with van der Waals surface area (Å²) >= 11 is 0. The lowest BCUT2D eigenvalue weighted by Gasteiger charge is -2.37. The summed E-state index contributed by atoms with van der Waals surface area (Å²) in [6, 6.07) is 16.0. The van der Waals surface area contributed by atoms with Crippen LogP contribution in [-0.4, -0.2) is 41.5 Å². The molecule has 1 aliphatic heterocycles. The number of aromatic nitrogens is 2. The Hall–Kier alpha value is -4.08. The standard InChI is InChI=1S/C28H27F4N5O/c1-2-24-26(37-18-21(29)7-12-25(37)34-24)27(38)33-17-19-3-8-22(9-4-19)35-13-15-36(16-14-35)23-10-5-20(6-11-23)28(30,31)32/h3-12,18H,2,13-17H2,1H3,(H,33,38). The number of hydrogen-bond acceptors (Lipinski definition) is 4. The average Bonchev–Trinajstić information content (AvgIpc) is 3.29. The lowest BCUT2D eigenvalue weighted by Crippen LogP contribution is -2.46. The van der Waals surface area contributed by atoms with Gasteiger partial charge >= 0.3 is 6.18 Å². The molecule has 0 spiro atoms. The summed E-state index contributed by atoms with van der Waals surface area (Å²) in [7, 11) is 0. The number of piperazine rings is 1. The van der Waals surface area contributed by atoms with E-state index in [4.69, 9.17) is 0 Å². The second-order valence-corrected chi connectivity index (χ2v) is 9.20. The number of nitrogens with zero attached hydrogens (tertiary/aromatic N) is 4. The third-order valence-corrected chi connectivity index (χ3v) is 6.80. The summed E-state index contributed by atoms with van der Waals surface area (Å²) in [6.45, 7) is 5.08. The van der Waals surface area contributed by atoms with Crippen molar-refractivity contribution in [1.82, 2.24) is 14.7 Å². The molecule has 10 heteroatoms. The van der Waals surface area contributed by atoms with Gasteiger partial charge in [0.15, 0.2) is 0 Å². The van der Waals surface area contributed by atoms with E-state index in [1.807, 2.05) is 31.2 Å². The Morgan fingerprint density at radius 2 is 1.47 bits per heavy atom. The molecule has 198 valence electrons. The predicted molar refractivity (Wildman–Crippen MR) is 138 cm³/mol. The van der Waals surface area contributed by atoms with Crippen LogP contribution in [0.15, 0.2) is 66.9 Å². The van der Waals surface area contributed by atoms with Gasteiger partial charge < -0.3 is 15.1 Å². The van der Waals surface area contributed by atoms with E-state index in [2.05, 4.69) is 20.1 Å². The second-order valence-electron chi connectivity index (χ2n) is 9.20. The SMILES string of the molecule is CCc1nc2ccc(F)cn2c1C(=O)NCc1ccc(N2CCN(c3ccc(C(F)(F)F)cc3)CC2)cc1. The molecule has 6 nitrogen and oxygen atoms in total.